The SMILES string of the molecule is CCCCCCCCCCCCOP(=O)(O)OC. The summed E-state index contributed by atoms with van der Waals surface area (Å²) in [5, 5.41) is 0. The van der Waals surface area contributed by atoms with Crippen molar-refractivity contribution in [1.29, 1.82) is 0 Å². The maximum atomic E-state index is 11.0. The van der Waals surface area contributed by atoms with Crippen molar-refractivity contribution in [1.82, 2.24) is 0 Å². The predicted octanol–water partition coefficient (Wildman–Crippen LogP) is 4.67. The number of hydrogen-bond donors (Lipinski definition) is 1. The molecule has 1 unspecified atom stereocenters. The van der Waals surface area contributed by atoms with Crippen LogP contribution in [0, 0.1) is 0 Å². The van der Waals surface area contributed by atoms with Gasteiger partial charge in [0, 0.05) is 7.11 Å². The first-order chi connectivity index (χ1) is 8.62. The fourth-order valence-electron chi connectivity index (χ4n) is 1.82. The maximum Gasteiger partial charge on any atom is 0.471 e. The zero-order valence-corrected chi connectivity index (χ0v) is 12.8. The predicted molar refractivity (Wildman–Crippen MR) is 74.6 cm³/mol. The van der Waals surface area contributed by atoms with E-state index in [1.807, 2.05) is 0 Å². The number of unbranched alkanes of at least 4 members (excludes halogenated alkanes) is 9. The lowest BCUT2D eigenvalue weighted by Crippen LogP contribution is -1.94. The van der Waals surface area contributed by atoms with E-state index in [4.69, 9.17) is 9.42 Å². The summed E-state index contributed by atoms with van der Waals surface area (Å²) in [7, 11) is -2.57. The lowest BCUT2D eigenvalue weighted by molar-refractivity contribution is 0.170. The molecule has 0 saturated heterocycles. The first-order valence-electron chi connectivity index (χ1n) is 7.15. The molecule has 110 valence electrons. The van der Waals surface area contributed by atoms with Crippen LogP contribution in [0.2, 0.25) is 0 Å². The molecule has 1 N–H and O–H groups in total. The molecule has 0 rings (SSSR count). The quantitative estimate of drug-likeness (QED) is 0.393. The summed E-state index contributed by atoms with van der Waals surface area (Å²) in [6.07, 6.45) is 12.3. The molecule has 0 saturated carbocycles. The third-order valence-corrected chi connectivity index (χ3v) is 3.95. The molecule has 18 heavy (non-hydrogen) atoms. The van der Waals surface area contributed by atoms with Gasteiger partial charge in [-0.3, -0.25) is 9.05 Å². The normalized spacial score (nSPS) is 14.6. The van der Waals surface area contributed by atoms with E-state index in [-0.39, 0.29) is 0 Å². The van der Waals surface area contributed by atoms with Crippen LogP contribution in [-0.2, 0) is 13.6 Å². The number of hydrogen-bond acceptors (Lipinski definition) is 3. The number of phosphoric ester groups is 1. The molecule has 0 heterocycles. The molecule has 0 aromatic heterocycles. The molecule has 1 atom stereocenters. The van der Waals surface area contributed by atoms with Crippen LogP contribution >= 0.6 is 7.82 Å². The number of phosphoric acid groups is 1. The molecule has 0 aliphatic heterocycles. The Morgan fingerprint density at radius 1 is 0.889 bits per heavy atom. The Kier molecular flexibility index (Phi) is 12.2. The molecule has 0 amide bonds. The van der Waals surface area contributed by atoms with E-state index >= 15 is 0 Å². The van der Waals surface area contributed by atoms with Crippen LogP contribution in [0.15, 0.2) is 0 Å². The Morgan fingerprint density at radius 3 is 1.78 bits per heavy atom. The first kappa shape index (κ1) is 18.1. The van der Waals surface area contributed by atoms with Crippen LogP contribution < -0.4 is 0 Å². The summed E-state index contributed by atoms with van der Waals surface area (Å²) in [5.41, 5.74) is 0. The lowest BCUT2D eigenvalue weighted by atomic mass is 10.1. The van der Waals surface area contributed by atoms with E-state index in [2.05, 4.69) is 11.4 Å². The smallest absolute Gasteiger partial charge is 0.303 e. The molecular formula is C13H29O4P. The van der Waals surface area contributed by atoms with Crippen molar-refractivity contribution in [2.75, 3.05) is 13.7 Å². The van der Waals surface area contributed by atoms with Gasteiger partial charge in [-0.1, -0.05) is 64.7 Å². The second-order valence-corrected chi connectivity index (χ2v) is 6.23. The maximum absolute atomic E-state index is 11.0. The molecule has 0 bridgehead atoms. The van der Waals surface area contributed by atoms with E-state index in [0.717, 1.165) is 12.8 Å². The summed E-state index contributed by atoms with van der Waals surface area (Å²) >= 11 is 0. The Hall–Kier alpha value is 0.110. The summed E-state index contributed by atoms with van der Waals surface area (Å²) in [6.45, 7) is 2.54. The van der Waals surface area contributed by atoms with Gasteiger partial charge in [-0.2, -0.15) is 0 Å². The zero-order valence-electron chi connectivity index (χ0n) is 11.9. The molecule has 4 nitrogen and oxygen atoms in total. The lowest BCUT2D eigenvalue weighted by Gasteiger charge is -2.08. The van der Waals surface area contributed by atoms with Crippen molar-refractivity contribution in [3.05, 3.63) is 0 Å². The highest BCUT2D eigenvalue weighted by Crippen LogP contribution is 2.41. The minimum Gasteiger partial charge on any atom is -0.303 e. The van der Waals surface area contributed by atoms with Crippen LogP contribution in [0.1, 0.15) is 71.1 Å². The summed E-state index contributed by atoms with van der Waals surface area (Å²) in [4.78, 5) is 8.98. The van der Waals surface area contributed by atoms with E-state index in [1.54, 1.807) is 0 Å². The summed E-state index contributed by atoms with van der Waals surface area (Å²) in [6, 6.07) is 0. The Morgan fingerprint density at radius 2 is 1.33 bits per heavy atom. The van der Waals surface area contributed by atoms with Crippen molar-refractivity contribution in [3.8, 4) is 0 Å². The van der Waals surface area contributed by atoms with E-state index in [0.29, 0.717) is 6.61 Å². The van der Waals surface area contributed by atoms with Gasteiger partial charge in [0.25, 0.3) is 0 Å². The second-order valence-electron chi connectivity index (χ2n) is 4.67. The molecule has 0 spiro atoms. The van der Waals surface area contributed by atoms with Gasteiger partial charge in [0.1, 0.15) is 0 Å². The van der Waals surface area contributed by atoms with Crippen molar-refractivity contribution in [2.24, 2.45) is 0 Å². The van der Waals surface area contributed by atoms with Crippen molar-refractivity contribution in [3.63, 3.8) is 0 Å². The average molecular weight is 280 g/mol. The average Bonchev–Trinajstić information content (AvgIpc) is 2.36. The topological polar surface area (TPSA) is 55.8 Å². The van der Waals surface area contributed by atoms with Crippen LogP contribution in [0.3, 0.4) is 0 Å². The Labute approximate surface area is 112 Å². The highest BCUT2D eigenvalue weighted by molar-refractivity contribution is 7.47. The third kappa shape index (κ3) is 12.6. The van der Waals surface area contributed by atoms with Gasteiger partial charge in [0.2, 0.25) is 0 Å². The number of rotatable bonds is 13. The largest absolute Gasteiger partial charge is 0.471 e. The third-order valence-electron chi connectivity index (χ3n) is 2.98. The van der Waals surface area contributed by atoms with E-state index in [9.17, 15) is 4.57 Å². The molecule has 0 aliphatic rings. The second kappa shape index (κ2) is 12.2. The van der Waals surface area contributed by atoms with Gasteiger partial charge < -0.3 is 4.89 Å². The highest BCUT2D eigenvalue weighted by Gasteiger charge is 2.17. The Balaban J connectivity index is 3.10. The summed E-state index contributed by atoms with van der Waals surface area (Å²) in [5.74, 6) is 0. The summed E-state index contributed by atoms with van der Waals surface area (Å²) < 4.78 is 20.0. The van der Waals surface area contributed by atoms with Crippen LogP contribution in [0.4, 0.5) is 0 Å². The van der Waals surface area contributed by atoms with Crippen LogP contribution in [0.25, 0.3) is 0 Å². The minimum atomic E-state index is -3.75. The molecule has 0 aromatic carbocycles. The van der Waals surface area contributed by atoms with Crippen LogP contribution in [-0.4, -0.2) is 18.6 Å². The zero-order chi connectivity index (χ0) is 13.7. The van der Waals surface area contributed by atoms with Gasteiger partial charge in [0.15, 0.2) is 0 Å². The highest BCUT2D eigenvalue weighted by atomic mass is 31.2. The van der Waals surface area contributed by atoms with Gasteiger partial charge in [-0.25, -0.2) is 4.57 Å². The Bertz CT molecular complexity index is 221. The molecule has 0 aliphatic carbocycles. The van der Waals surface area contributed by atoms with Gasteiger partial charge >= 0.3 is 7.82 Å². The molecule has 0 aromatic rings. The fourth-order valence-corrected chi connectivity index (χ4v) is 2.29. The van der Waals surface area contributed by atoms with Gasteiger partial charge in [0.05, 0.1) is 6.61 Å². The minimum absolute atomic E-state index is 0.304. The van der Waals surface area contributed by atoms with E-state index in [1.165, 1.54) is 58.5 Å². The van der Waals surface area contributed by atoms with Crippen molar-refractivity contribution >= 4 is 7.82 Å². The molecule has 5 heteroatoms. The molecule has 0 fully saturated rings. The standard InChI is InChI=1S/C13H29O4P/c1-3-4-5-6-7-8-9-10-11-12-13-17-18(14,15)16-2/h3-13H2,1-2H3,(H,14,15). The van der Waals surface area contributed by atoms with Crippen molar-refractivity contribution < 1.29 is 18.5 Å². The van der Waals surface area contributed by atoms with Crippen LogP contribution in [0.5, 0.6) is 0 Å². The molecule has 0 radical (unpaired) electrons. The van der Waals surface area contributed by atoms with E-state index < -0.39 is 7.82 Å². The monoisotopic (exact) mass is 280 g/mol. The molecular weight excluding hydrogens is 251 g/mol. The fraction of sp³-hybridized carbons (Fsp3) is 1.00. The first-order valence-corrected chi connectivity index (χ1v) is 8.65. The van der Waals surface area contributed by atoms with Gasteiger partial charge in [-0.05, 0) is 6.42 Å². The van der Waals surface area contributed by atoms with Gasteiger partial charge in [-0.15, -0.1) is 0 Å². The van der Waals surface area contributed by atoms with Crippen molar-refractivity contribution in [2.45, 2.75) is 71.1 Å².